The summed E-state index contributed by atoms with van der Waals surface area (Å²) in [5.41, 5.74) is 1.42. The van der Waals surface area contributed by atoms with Crippen LogP contribution in [0.15, 0.2) is 28.0 Å². The van der Waals surface area contributed by atoms with Crippen LogP contribution in [0.25, 0.3) is 0 Å². The number of nitrogens with zero attached hydrogens (tertiary/aromatic N) is 1. The number of rotatable bonds is 3. The highest BCUT2D eigenvalue weighted by Gasteiger charge is 2.25. The summed E-state index contributed by atoms with van der Waals surface area (Å²) >= 11 is 1.84. The lowest BCUT2D eigenvalue weighted by Crippen LogP contribution is -2.32. The van der Waals surface area contributed by atoms with Gasteiger partial charge in [0.1, 0.15) is 5.76 Å². The first-order chi connectivity index (χ1) is 9.69. The molecule has 5 heteroatoms. The van der Waals surface area contributed by atoms with Gasteiger partial charge in [0.05, 0.1) is 13.7 Å². The number of fused-ring (bicyclic) bond motifs is 1. The van der Waals surface area contributed by atoms with Crippen LogP contribution in [0.5, 0.6) is 0 Å². The molecule has 0 fully saturated rings. The van der Waals surface area contributed by atoms with E-state index in [1.165, 1.54) is 17.6 Å². The van der Waals surface area contributed by atoms with Gasteiger partial charge in [-0.3, -0.25) is 4.90 Å². The molecule has 0 spiro atoms. The fraction of sp³-hybridized carbons (Fsp3) is 0.400. The molecule has 20 heavy (non-hydrogen) atoms. The second-order valence-corrected chi connectivity index (χ2v) is 5.95. The second-order valence-electron chi connectivity index (χ2n) is 4.95. The number of carbonyl (C=O) groups is 1. The number of hydrogen-bond donors (Lipinski definition) is 0. The van der Waals surface area contributed by atoms with E-state index >= 15 is 0 Å². The van der Waals surface area contributed by atoms with Gasteiger partial charge in [-0.2, -0.15) is 0 Å². The van der Waals surface area contributed by atoms with Crippen molar-refractivity contribution < 1.29 is 13.9 Å². The molecule has 0 aliphatic carbocycles. The molecule has 4 nitrogen and oxygen atoms in total. The van der Waals surface area contributed by atoms with Gasteiger partial charge >= 0.3 is 5.97 Å². The second kappa shape index (κ2) is 5.42. The maximum Gasteiger partial charge on any atom is 0.373 e. The minimum atomic E-state index is -0.428. The molecule has 0 saturated heterocycles. The maximum absolute atomic E-state index is 11.4. The van der Waals surface area contributed by atoms with Gasteiger partial charge in [-0.15, -0.1) is 11.3 Å². The highest BCUT2D eigenvalue weighted by atomic mass is 32.1. The minimum absolute atomic E-state index is 0.267. The van der Waals surface area contributed by atoms with Crippen molar-refractivity contribution in [2.75, 3.05) is 13.7 Å². The van der Waals surface area contributed by atoms with Crippen LogP contribution in [0.2, 0.25) is 0 Å². The van der Waals surface area contributed by atoms with E-state index in [-0.39, 0.29) is 5.76 Å². The zero-order valence-electron chi connectivity index (χ0n) is 11.6. The van der Waals surface area contributed by atoms with E-state index in [0.29, 0.717) is 12.6 Å². The summed E-state index contributed by atoms with van der Waals surface area (Å²) in [6, 6.07) is 6.11. The highest BCUT2D eigenvalue weighted by Crippen LogP contribution is 2.33. The van der Waals surface area contributed by atoms with Crippen LogP contribution in [0.3, 0.4) is 0 Å². The predicted octanol–water partition coefficient (Wildman–Crippen LogP) is 3.25. The molecular formula is C15H17NO3S. The average Bonchev–Trinajstić information content (AvgIpc) is 3.10. The summed E-state index contributed by atoms with van der Waals surface area (Å²) in [7, 11) is 1.36. The Morgan fingerprint density at radius 2 is 2.35 bits per heavy atom. The van der Waals surface area contributed by atoms with Crippen molar-refractivity contribution in [2.24, 2.45) is 0 Å². The van der Waals surface area contributed by atoms with Crippen LogP contribution in [0.1, 0.15) is 39.7 Å². The third-order valence-electron chi connectivity index (χ3n) is 3.81. The average molecular weight is 291 g/mol. The fourth-order valence-corrected chi connectivity index (χ4v) is 3.61. The molecule has 2 aromatic rings. The first kappa shape index (κ1) is 13.4. The summed E-state index contributed by atoms with van der Waals surface area (Å²) in [4.78, 5) is 15.2. The number of hydrogen-bond acceptors (Lipinski definition) is 5. The van der Waals surface area contributed by atoms with Gasteiger partial charge < -0.3 is 9.15 Å². The molecule has 0 aromatic carbocycles. The Morgan fingerprint density at radius 1 is 1.50 bits per heavy atom. The number of ether oxygens (including phenoxy) is 1. The van der Waals surface area contributed by atoms with Crippen LogP contribution >= 0.6 is 11.3 Å². The van der Waals surface area contributed by atoms with Crippen LogP contribution in [0, 0.1) is 0 Å². The lowest BCUT2D eigenvalue weighted by atomic mass is 10.0. The van der Waals surface area contributed by atoms with Crippen molar-refractivity contribution in [1.82, 2.24) is 4.90 Å². The Balaban J connectivity index is 1.73. The van der Waals surface area contributed by atoms with Gasteiger partial charge in [-0.1, -0.05) is 0 Å². The third-order valence-corrected chi connectivity index (χ3v) is 4.81. The number of furan rings is 1. The monoisotopic (exact) mass is 291 g/mol. The van der Waals surface area contributed by atoms with E-state index in [0.717, 1.165) is 18.7 Å². The van der Waals surface area contributed by atoms with Crippen molar-refractivity contribution in [2.45, 2.75) is 25.9 Å². The van der Waals surface area contributed by atoms with Gasteiger partial charge in [-0.25, -0.2) is 4.79 Å². The molecule has 2 aromatic heterocycles. The smallest absolute Gasteiger partial charge is 0.373 e. The van der Waals surface area contributed by atoms with Crippen molar-refractivity contribution in [3.8, 4) is 0 Å². The number of esters is 1. The first-order valence-electron chi connectivity index (χ1n) is 6.66. The van der Waals surface area contributed by atoms with Crippen molar-refractivity contribution in [3.05, 3.63) is 45.5 Å². The number of methoxy groups -OCH3 is 1. The number of carbonyl (C=O) groups excluding carboxylic acids is 1. The van der Waals surface area contributed by atoms with E-state index in [9.17, 15) is 4.79 Å². The van der Waals surface area contributed by atoms with E-state index in [1.807, 2.05) is 17.4 Å². The summed E-state index contributed by atoms with van der Waals surface area (Å²) in [5, 5.41) is 2.16. The Labute approximate surface area is 122 Å². The Bertz CT molecular complexity index is 616. The van der Waals surface area contributed by atoms with Crippen LogP contribution in [-0.2, 0) is 17.7 Å². The summed E-state index contributed by atoms with van der Waals surface area (Å²) in [6.45, 7) is 3.95. The van der Waals surface area contributed by atoms with Crippen molar-refractivity contribution in [3.63, 3.8) is 0 Å². The molecule has 0 saturated carbocycles. The van der Waals surface area contributed by atoms with Crippen molar-refractivity contribution in [1.29, 1.82) is 0 Å². The van der Waals surface area contributed by atoms with Gasteiger partial charge in [0.2, 0.25) is 5.76 Å². The van der Waals surface area contributed by atoms with E-state index < -0.39 is 5.97 Å². The lowest BCUT2D eigenvalue weighted by molar-refractivity contribution is 0.0560. The van der Waals surface area contributed by atoms with Gasteiger partial charge in [-0.05, 0) is 42.5 Å². The molecule has 1 atom stereocenters. The first-order valence-corrected chi connectivity index (χ1v) is 7.54. The Kier molecular flexibility index (Phi) is 3.63. The number of thiophene rings is 1. The quantitative estimate of drug-likeness (QED) is 0.814. The molecule has 1 aliphatic heterocycles. The largest absolute Gasteiger partial charge is 0.463 e. The molecule has 0 amide bonds. The van der Waals surface area contributed by atoms with Gasteiger partial charge in [0, 0.05) is 17.5 Å². The SMILES string of the molecule is COC(=O)c1ccc(CN2CCc3sccc3C2C)o1. The molecular weight excluding hydrogens is 274 g/mol. The maximum atomic E-state index is 11.4. The normalized spacial score (nSPS) is 18.8. The minimum Gasteiger partial charge on any atom is -0.463 e. The van der Waals surface area contributed by atoms with Crippen LogP contribution in [0.4, 0.5) is 0 Å². The van der Waals surface area contributed by atoms with E-state index in [4.69, 9.17) is 4.42 Å². The van der Waals surface area contributed by atoms with Crippen LogP contribution in [-0.4, -0.2) is 24.5 Å². The topological polar surface area (TPSA) is 42.7 Å². The zero-order chi connectivity index (χ0) is 14.1. The molecule has 1 unspecified atom stereocenters. The van der Waals surface area contributed by atoms with Crippen molar-refractivity contribution >= 4 is 17.3 Å². The molecule has 3 heterocycles. The zero-order valence-corrected chi connectivity index (χ0v) is 12.4. The summed E-state index contributed by atoms with van der Waals surface area (Å²) < 4.78 is 10.2. The third kappa shape index (κ3) is 2.39. The Hall–Kier alpha value is -1.59. The van der Waals surface area contributed by atoms with E-state index in [1.54, 1.807) is 6.07 Å². The van der Waals surface area contributed by atoms with Gasteiger partial charge in [0.25, 0.3) is 0 Å². The fourth-order valence-electron chi connectivity index (χ4n) is 2.65. The van der Waals surface area contributed by atoms with Crippen LogP contribution < -0.4 is 0 Å². The standard InChI is InChI=1S/C15H17NO3S/c1-10-12-6-8-20-14(12)5-7-16(10)9-11-3-4-13(19-11)15(17)18-2/h3-4,6,8,10H,5,7,9H2,1-2H3. The molecule has 3 rings (SSSR count). The highest BCUT2D eigenvalue weighted by molar-refractivity contribution is 7.10. The molecule has 0 bridgehead atoms. The molecule has 0 radical (unpaired) electrons. The molecule has 1 aliphatic rings. The molecule has 106 valence electrons. The molecule has 0 N–H and O–H groups in total. The Morgan fingerprint density at radius 3 is 3.15 bits per heavy atom. The van der Waals surface area contributed by atoms with E-state index in [2.05, 4.69) is 28.0 Å². The lowest BCUT2D eigenvalue weighted by Gasteiger charge is -2.32. The summed E-state index contributed by atoms with van der Waals surface area (Å²) in [5.74, 6) is 0.641. The van der Waals surface area contributed by atoms with Gasteiger partial charge in [0.15, 0.2) is 0 Å². The summed E-state index contributed by atoms with van der Waals surface area (Å²) in [6.07, 6.45) is 1.09. The predicted molar refractivity (Wildman–Crippen MR) is 76.9 cm³/mol.